The molecule has 90 valence electrons. The minimum atomic E-state index is 0.666. The van der Waals surface area contributed by atoms with E-state index in [1.165, 1.54) is 0 Å². The summed E-state index contributed by atoms with van der Waals surface area (Å²) in [7, 11) is 0. The third-order valence-corrected chi connectivity index (χ3v) is 3.14. The SMILES string of the molecule is CCCn1cnnc1-c1ncc(N)cc1SC. The normalized spacial score (nSPS) is 10.7. The Kier molecular flexibility index (Phi) is 3.63. The molecule has 0 amide bonds. The molecule has 0 saturated heterocycles. The number of nitrogens with zero attached hydrogens (tertiary/aromatic N) is 4. The Morgan fingerprint density at radius 3 is 3.00 bits per heavy atom. The maximum atomic E-state index is 5.73. The first kappa shape index (κ1) is 11.9. The number of anilines is 1. The Bertz CT molecular complexity index is 508. The van der Waals surface area contributed by atoms with Gasteiger partial charge in [0.1, 0.15) is 12.0 Å². The predicted molar refractivity (Wildman–Crippen MR) is 69.7 cm³/mol. The van der Waals surface area contributed by atoms with Crippen molar-refractivity contribution in [2.24, 2.45) is 0 Å². The molecule has 6 heteroatoms. The van der Waals surface area contributed by atoms with Crippen LogP contribution in [0.5, 0.6) is 0 Å². The molecule has 2 aromatic rings. The van der Waals surface area contributed by atoms with Gasteiger partial charge in [-0.15, -0.1) is 22.0 Å². The van der Waals surface area contributed by atoms with E-state index < -0.39 is 0 Å². The van der Waals surface area contributed by atoms with E-state index in [-0.39, 0.29) is 0 Å². The smallest absolute Gasteiger partial charge is 0.183 e. The largest absolute Gasteiger partial charge is 0.397 e. The summed E-state index contributed by atoms with van der Waals surface area (Å²) in [6, 6.07) is 1.91. The molecule has 0 saturated carbocycles. The van der Waals surface area contributed by atoms with Crippen LogP contribution in [-0.2, 0) is 6.54 Å². The van der Waals surface area contributed by atoms with E-state index in [0.29, 0.717) is 5.69 Å². The lowest BCUT2D eigenvalue weighted by Crippen LogP contribution is -2.01. The fraction of sp³-hybridized carbons (Fsp3) is 0.364. The van der Waals surface area contributed by atoms with E-state index in [1.54, 1.807) is 24.3 Å². The molecule has 0 aliphatic rings. The first-order chi connectivity index (χ1) is 8.26. The highest BCUT2D eigenvalue weighted by atomic mass is 32.2. The summed E-state index contributed by atoms with van der Waals surface area (Å²) < 4.78 is 2.01. The maximum absolute atomic E-state index is 5.73. The first-order valence-corrected chi connectivity index (χ1v) is 6.66. The summed E-state index contributed by atoms with van der Waals surface area (Å²) in [6.07, 6.45) is 6.43. The Hall–Kier alpha value is -1.56. The Labute approximate surface area is 104 Å². The molecule has 2 heterocycles. The van der Waals surface area contributed by atoms with Crippen LogP contribution in [0.3, 0.4) is 0 Å². The van der Waals surface area contributed by atoms with Gasteiger partial charge in [0, 0.05) is 11.4 Å². The minimum absolute atomic E-state index is 0.666. The monoisotopic (exact) mass is 249 g/mol. The zero-order chi connectivity index (χ0) is 12.3. The summed E-state index contributed by atoms with van der Waals surface area (Å²) in [5, 5.41) is 8.09. The van der Waals surface area contributed by atoms with Gasteiger partial charge in [0.05, 0.1) is 11.9 Å². The molecule has 0 bridgehead atoms. The molecule has 0 atom stereocenters. The standard InChI is InChI=1S/C11H15N5S/c1-3-4-16-7-14-15-11(16)10-9(17-2)5-8(12)6-13-10/h5-7H,3-4,12H2,1-2H3. The minimum Gasteiger partial charge on any atom is -0.397 e. The predicted octanol–water partition coefficient (Wildman–Crippen LogP) is 2.05. The molecule has 0 aliphatic carbocycles. The quantitative estimate of drug-likeness (QED) is 0.840. The molecule has 0 radical (unpaired) electrons. The van der Waals surface area contributed by atoms with Crippen LogP contribution < -0.4 is 5.73 Å². The summed E-state index contributed by atoms with van der Waals surface area (Å²) in [4.78, 5) is 5.39. The van der Waals surface area contributed by atoms with Gasteiger partial charge in [-0.1, -0.05) is 6.92 Å². The van der Waals surface area contributed by atoms with Crippen LogP contribution in [0.15, 0.2) is 23.5 Å². The third-order valence-electron chi connectivity index (χ3n) is 2.39. The molecular formula is C11H15N5S. The van der Waals surface area contributed by atoms with Crippen LogP contribution in [0.1, 0.15) is 13.3 Å². The van der Waals surface area contributed by atoms with Gasteiger partial charge in [-0.3, -0.25) is 0 Å². The third kappa shape index (κ3) is 2.41. The van der Waals surface area contributed by atoms with Crippen LogP contribution in [-0.4, -0.2) is 26.0 Å². The highest BCUT2D eigenvalue weighted by Gasteiger charge is 2.13. The zero-order valence-corrected chi connectivity index (χ0v) is 10.7. The molecule has 0 fully saturated rings. The second-order valence-electron chi connectivity index (χ2n) is 3.67. The molecule has 0 unspecified atom stereocenters. The highest BCUT2D eigenvalue weighted by molar-refractivity contribution is 7.98. The van der Waals surface area contributed by atoms with Crippen molar-refractivity contribution in [3.8, 4) is 11.5 Å². The Morgan fingerprint density at radius 1 is 1.47 bits per heavy atom. The summed E-state index contributed by atoms with van der Waals surface area (Å²) in [6.45, 7) is 3.01. The van der Waals surface area contributed by atoms with Crippen molar-refractivity contribution >= 4 is 17.4 Å². The van der Waals surface area contributed by atoms with Crippen molar-refractivity contribution in [1.29, 1.82) is 0 Å². The van der Waals surface area contributed by atoms with Gasteiger partial charge in [0.25, 0.3) is 0 Å². The van der Waals surface area contributed by atoms with Gasteiger partial charge in [-0.2, -0.15) is 0 Å². The molecule has 2 N–H and O–H groups in total. The average molecular weight is 249 g/mol. The topological polar surface area (TPSA) is 69.6 Å². The second kappa shape index (κ2) is 5.18. The van der Waals surface area contributed by atoms with Crippen molar-refractivity contribution in [2.45, 2.75) is 24.8 Å². The molecule has 0 spiro atoms. The van der Waals surface area contributed by atoms with Gasteiger partial charge in [-0.05, 0) is 18.7 Å². The Balaban J connectivity index is 2.48. The maximum Gasteiger partial charge on any atom is 0.183 e. The number of nitrogens with two attached hydrogens (primary N) is 1. The van der Waals surface area contributed by atoms with Crippen molar-refractivity contribution in [3.05, 3.63) is 18.6 Å². The van der Waals surface area contributed by atoms with E-state index in [2.05, 4.69) is 22.1 Å². The van der Waals surface area contributed by atoms with Gasteiger partial charge in [0.2, 0.25) is 0 Å². The van der Waals surface area contributed by atoms with Gasteiger partial charge in [-0.25, -0.2) is 4.98 Å². The number of hydrogen-bond acceptors (Lipinski definition) is 5. The number of aromatic nitrogens is 4. The number of aryl methyl sites for hydroxylation is 1. The van der Waals surface area contributed by atoms with Crippen molar-refractivity contribution in [3.63, 3.8) is 0 Å². The van der Waals surface area contributed by atoms with Crippen LogP contribution in [0, 0.1) is 0 Å². The fourth-order valence-corrected chi connectivity index (χ4v) is 2.22. The lowest BCUT2D eigenvalue weighted by atomic mass is 10.3. The van der Waals surface area contributed by atoms with Crippen molar-refractivity contribution < 1.29 is 0 Å². The average Bonchev–Trinajstić information content (AvgIpc) is 2.77. The van der Waals surface area contributed by atoms with Gasteiger partial charge in [0.15, 0.2) is 5.82 Å². The number of hydrogen-bond donors (Lipinski definition) is 1. The van der Waals surface area contributed by atoms with E-state index in [1.807, 2.05) is 16.9 Å². The second-order valence-corrected chi connectivity index (χ2v) is 4.52. The number of rotatable bonds is 4. The van der Waals surface area contributed by atoms with Gasteiger partial charge >= 0.3 is 0 Å². The van der Waals surface area contributed by atoms with E-state index in [4.69, 9.17) is 5.73 Å². The molecular weight excluding hydrogens is 234 g/mol. The first-order valence-electron chi connectivity index (χ1n) is 5.44. The van der Waals surface area contributed by atoms with E-state index in [0.717, 1.165) is 29.4 Å². The Morgan fingerprint density at radius 2 is 2.29 bits per heavy atom. The number of pyridine rings is 1. The van der Waals surface area contributed by atoms with Crippen molar-refractivity contribution in [2.75, 3.05) is 12.0 Å². The summed E-state index contributed by atoms with van der Waals surface area (Å²) >= 11 is 1.61. The molecule has 0 aromatic carbocycles. The van der Waals surface area contributed by atoms with E-state index >= 15 is 0 Å². The van der Waals surface area contributed by atoms with Crippen LogP contribution in [0.25, 0.3) is 11.5 Å². The summed E-state index contributed by atoms with van der Waals surface area (Å²) in [5.74, 6) is 0.802. The zero-order valence-electron chi connectivity index (χ0n) is 9.92. The molecule has 2 rings (SSSR count). The van der Waals surface area contributed by atoms with Crippen LogP contribution in [0.4, 0.5) is 5.69 Å². The van der Waals surface area contributed by atoms with Gasteiger partial charge < -0.3 is 10.3 Å². The number of thioether (sulfide) groups is 1. The lowest BCUT2D eigenvalue weighted by molar-refractivity contribution is 0.680. The molecule has 0 aliphatic heterocycles. The lowest BCUT2D eigenvalue weighted by Gasteiger charge is -2.08. The van der Waals surface area contributed by atoms with Crippen LogP contribution in [0.2, 0.25) is 0 Å². The van der Waals surface area contributed by atoms with Crippen LogP contribution >= 0.6 is 11.8 Å². The fourth-order valence-electron chi connectivity index (χ4n) is 1.63. The summed E-state index contributed by atoms with van der Waals surface area (Å²) in [5.41, 5.74) is 7.25. The van der Waals surface area contributed by atoms with E-state index in [9.17, 15) is 0 Å². The highest BCUT2D eigenvalue weighted by Crippen LogP contribution is 2.28. The van der Waals surface area contributed by atoms with Crippen molar-refractivity contribution in [1.82, 2.24) is 19.7 Å². The molecule has 17 heavy (non-hydrogen) atoms. The molecule has 5 nitrogen and oxygen atoms in total. The molecule has 2 aromatic heterocycles. The number of nitrogen functional groups attached to an aromatic ring is 1.